The number of hydrogen-bond donors (Lipinski definition) is 1. The van der Waals surface area contributed by atoms with E-state index in [1.807, 2.05) is 11.1 Å². The summed E-state index contributed by atoms with van der Waals surface area (Å²) in [5, 5.41) is 8.14. The van der Waals surface area contributed by atoms with Gasteiger partial charge in [0.25, 0.3) is 0 Å². The first-order chi connectivity index (χ1) is 13.0. The van der Waals surface area contributed by atoms with Gasteiger partial charge in [0, 0.05) is 49.4 Å². The Hall–Kier alpha value is -2.28. The molecule has 1 unspecified atom stereocenters. The molecular weight excluding hydrogens is 350 g/mol. The molecule has 1 aliphatic heterocycles. The van der Waals surface area contributed by atoms with Crippen LogP contribution in [0.1, 0.15) is 49.9 Å². The summed E-state index contributed by atoms with van der Waals surface area (Å²) in [6.45, 7) is 3.19. The zero-order valence-corrected chi connectivity index (χ0v) is 15.4. The summed E-state index contributed by atoms with van der Waals surface area (Å²) in [4.78, 5) is 13.4. The van der Waals surface area contributed by atoms with Crippen molar-refractivity contribution in [1.82, 2.24) is 20.0 Å². The van der Waals surface area contributed by atoms with Crippen LogP contribution < -0.4 is 5.32 Å². The van der Waals surface area contributed by atoms with Crippen LogP contribution in [0.25, 0.3) is 5.69 Å². The topological polar surface area (TPSA) is 50.2 Å². The van der Waals surface area contributed by atoms with Crippen molar-refractivity contribution in [3.05, 3.63) is 47.3 Å². The van der Waals surface area contributed by atoms with Crippen LogP contribution in [0.4, 0.5) is 8.78 Å². The first-order valence-electron chi connectivity index (χ1n) is 9.56. The molecule has 2 aliphatic rings. The highest BCUT2D eigenvalue weighted by atomic mass is 19.1. The van der Waals surface area contributed by atoms with Gasteiger partial charge in [-0.25, -0.2) is 13.5 Å². The summed E-state index contributed by atoms with van der Waals surface area (Å²) < 4.78 is 28.9. The van der Waals surface area contributed by atoms with Crippen molar-refractivity contribution < 1.29 is 13.6 Å². The average Bonchev–Trinajstić information content (AvgIpc) is 3.06. The number of aromatic nitrogens is 2. The van der Waals surface area contributed by atoms with Crippen LogP contribution in [0, 0.1) is 11.6 Å². The van der Waals surface area contributed by atoms with E-state index >= 15 is 0 Å². The lowest BCUT2D eigenvalue weighted by atomic mass is 9.91. The Labute approximate surface area is 157 Å². The minimum absolute atomic E-state index is 0.136. The van der Waals surface area contributed by atoms with E-state index in [0.717, 1.165) is 62.5 Å². The van der Waals surface area contributed by atoms with Gasteiger partial charge in [0.1, 0.15) is 11.6 Å². The average molecular weight is 374 g/mol. The maximum atomic E-state index is 13.6. The van der Waals surface area contributed by atoms with Crippen molar-refractivity contribution >= 4 is 5.91 Å². The molecule has 0 radical (unpaired) electrons. The zero-order valence-electron chi connectivity index (χ0n) is 15.4. The number of hydrogen-bond acceptors (Lipinski definition) is 3. The molecule has 0 spiro atoms. The number of carbonyl (C=O) groups excluding carboxylic acids is 1. The number of nitrogens with zero attached hydrogens (tertiary/aromatic N) is 3. The number of piperidine rings is 1. The van der Waals surface area contributed by atoms with E-state index in [2.05, 4.69) is 10.4 Å². The molecule has 1 aromatic carbocycles. The number of amides is 1. The molecule has 2 heterocycles. The maximum Gasteiger partial charge on any atom is 0.219 e. The Morgan fingerprint density at radius 1 is 1.15 bits per heavy atom. The van der Waals surface area contributed by atoms with Crippen molar-refractivity contribution in [2.45, 2.75) is 51.1 Å². The number of nitrogens with one attached hydrogen (secondary N) is 1. The summed E-state index contributed by atoms with van der Waals surface area (Å²) in [5.74, 6) is -1.06. The smallest absolute Gasteiger partial charge is 0.219 e. The van der Waals surface area contributed by atoms with Crippen LogP contribution in [-0.2, 0) is 11.2 Å². The normalized spacial score (nSPS) is 20.6. The van der Waals surface area contributed by atoms with E-state index in [1.165, 1.54) is 12.1 Å². The van der Waals surface area contributed by atoms with Gasteiger partial charge in [-0.05, 0) is 44.2 Å². The van der Waals surface area contributed by atoms with Gasteiger partial charge in [-0.15, -0.1) is 0 Å². The van der Waals surface area contributed by atoms with Gasteiger partial charge in [0.2, 0.25) is 5.91 Å². The van der Waals surface area contributed by atoms with Crippen LogP contribution >= 0.6 is 0 Å². The van der Waals surface area contributed by atoms with Gasteiger partial charge in [0.05, 0.1) is 11.9 Å². The molecule has 1 atom stereocenters. The monoisotopic (exact) mass is 374 g/mol. The third-order valence-electron chi connectivity index (χ3n) is 5.65. The van der Waals surface area contributed by atoms with Gasteiger partial charge in [0.15, 0.2) is 0 Å². The minimum Gasteiger partial charge on any atom is -0.343 e. The lowest BCUT2D eigenvalue weighted by molar-refractivity contribution is -0.129. The van der Waals surface area contributed by atoms with E-state index in [9.17, 15) is 13.6 Å². The van der Waals surface area contributed by atoms with Crippen LogP contribution in [0.15, 0.2) is 24.4 Å². The van der Waals surface area contributed by atoms with Crippen molar-refractivity contribution in [3.8, 4) is 5.69 Å². The lowest BCUT2D eigenvalue weighted by Crippen LogP contribution is -2.45. The predicted molar refractivity (Wildman–Crippen MR) is 97.6 cm³/mol. The molecule has 1 amide bonds. The highest BCUT2D eigenvalue weighted by molar-refractivity contribution is 5.73. The van der Waals surface area contributed by atoms with Gasteiger partial charge in [-0.3, -0.25) is 4.79 Å². The van der Waals surface area contributed by atoms with Crippen LogP contribution in [0.3, 0.4) is 0 Å². The van der Waals surface area contributed by atoms with Crippen LogP contribution in [0.5, 0.6) is 0 Å². The number of likely N-dealkylation sites (tertiary alicyclic amines) is 1. The molecule has 1 fully saturated rings. The molecule has 27 heavy (non-hydrogen) atoms. The summed E-state index contributed by atoms with van der Waals surface area (Å²) in [5.41, 5.74) is 2.55. The molecule has 1 N–H and O–H groups in total. The Kier molecular flexibility index (Phi) is 4.95. The SMILES string of the molecule is CC(=O)N1CCC(NC2CCCc3c2cnn3-c2cc(F)cc(F)c2)CC1. The van der Waals surface area contributed by atoms with Gasteiger partial charge in [-0.1, -0.05) is 0 Å². The first kappa shape index (κ1) is 18.1. The fourth-order valence-corrected chi connectivity index (χ4v) is 4.26. The van der Waals surface area contributed by atoms with Crippen molar-refractivity contribution in [2.75, 3.05) is 13.1 Å². The number of carbonyl (C=O) groups is 1. The lowest BCUT2D eigenvalue weighted by Gasteiger charge is -2.35. The second-order valence-electron chi connectivity index (χ2n) is 7.48. The largest absolute Gasteiger partial charge is 0.343 e. The molecule has 1 saturated heterocycles. The first-order valence-corrected chi connectivity index (χ1v) is 9.56. The van der Waals surface area contributed by atoms with Gasteiger partial charge < -0.3 is 10.2 Å². The Balaban J connectivity index is 1.51. The second-order valence-corrected chi connectivity index (χ2v) is 7.48. The highest BCUT2D eigenvalue weighted by Gasteiger charge is 2.28. The molecule has 1 aromatic heterocycles. The minimum atomic E-state index is -0.600. The summed E-state index contributed by atoms with van der Waals surface area (Å²) >= 11 is 0. The molecule has 7 heteroatoms. The maximum absolute atomic E-state index is 13.6. The molecule has 1 aliphatic carbocycles. The fraction of sp³-hybridized carbons (Fsp3) is 0.500. The van der Waals surface area contributed by atoms with Gasteiger partial charge >= 0.3 is 0 Å². The highest BCUT2D eigenvalue weighted by Crippen LogP contribution is 2.32. The third kappa shape index (κ3) is 3.74. The Morgan fingerprint density at radius 2 is 1.85 bits per heavy atom. The Bertz CT molecular complexity index is 822. The molecular formula is C20H24F2N4O. The molecule has 2 aromatic rings. The number of halogens is 2. The molecule has 4 rings (SSSR count). The number of rotatable bonds is 3. The van der Waals surface area contributed by atoms with Gasteiger partial charge in [-0.2, -0.15) is 5.10 Å². The summed E-state index contributed by atoms with van der Waals surface area (Å²) in [6.07, 6.45) is 6.56. The second kappa shape index (κ2) is 7.38. The van der Waals surface area contributed by atoms with Crippen molar-refractivity contribution in [1.29, 1.82) is 0 Å². The Morgan fingerprint density at radius 3 is 2.52 bits per heavy atom. The van der Waals surface area contributed by atoms with E-state index in [-0.39, 0.29) is 11.9 Å². The van der Waals surface area contributed by atoms with E-state index in [0.29, 0.717) is 11.7 Å². The quantitative estimate of drug-likeness (QED) is 0.898. The van der Waals surface area contributed by atoms with Crippen molar-refractivity contribution in [3.63, 3.8) is 0 Å². The zero-order chi connectivity index (χ0) is 19.0. The summed E-state index contributed by atoms with van der Waals surface area (Å²) in [7, 11) is 0. The van der Waals surface area contributed by atoms with Crippen LogP contribution in [0.2, 0.25) is 0 Å². The molecule has 0 saturated carbocycles. The van der Waals surface area contributed by atoms with Crippen molar-refractivity contribution in [2.24, 2.45) is 0 Å². The predicted octanol–water partition coefficient (Wildman–Crippen LogP) is 3.13. The van der Waals surface area contributed by atoms with E-state index in [4.69, 9.17) is 0 Å². The number of benzene rings is 1. The third-order valence-corrected chi connectivity index (χ3v) is 5.65. The number of fused-ring (bicyclic) bond motifs is 1. The molecule has 0 bridgehead atoms. The fourth-order valence-electron chi connectivity index (χ4n) is 4.26. The molecule has 5 nitrogen and oxygen atoms in total. The standard InChI is InChI=1S/C20H24F2N4O/c1-13(27)25-7-5-16(6-8-25)24-19-3-2-4-20-18(19)12-23-26(20)17-10-14(21)9-15(22)11-17/h9-12,16,19,24H,2-8H2,1H3. The van der Waals surface area contributed by atoms with E-state index in [1.54, 1.807) is 11.6 Å². The van der Waals surface area contributed by atoms with Crippen LogP contribution in [-0.4, -0.2) is 39.7 Å². The molecule has 144 valence electrons. The summed E-state index contributed by atoms with van der Waals surface area (Å²) in [6, 6.07) is 4.05. The van der Waals surface area contributed by atoms with E-state index < -0.39 is 11.6 Å².